The number of carbonyl (C=O) groups excluding carboxylic acids is 1. The predicted molar refractivity (Wildman–Crippen MR) is 71.4 cm³/mol. The molecule has 0 bridgehead atoms. The number of hydrogen-bond donors (Lipinski definition) is 3. The van der Waals surface area contributed by atoms with Gasteiger partial charge in [-0.1, -0.05) is 32.8 Å². The normalized spacial score (nSPS) is 13.8. The average Bonchev–Trinajstić information content (AvgIpc) is 2.29. The van der Waals surface area contributed by atoms with E-state index in [4.69, 9.17) is 5.11 Å². The zero-order valence-electron chi connectivity index (χ0n) is 11.4. The standard InChI is InChI=1S/C13H24N2O3/c1-5-8-11(12(16)17)15-13(18)14-9(4)10(6-2)7-3/h5,9-11H,1,6-8H2,2-4H3,(H,16,17)(H2,14,15,18). The number of carboxylic acids is 1. The second kappa shape index (κ2) is 8.55. The van der Waals surface area contributed by atoms with Crippen LogP contribution in [-0.2, 0) is 4.79 Å². The third-order valence-corrected chi connectivity index (χ3v) is 3.12. The van der Waals surface area contributed by atoms with E-state index in [0.717, 1.165) is 12.8 Å². The molecule has 0 aromatic rings. The van der Waals surface area contributed by atoms with Gasteiger partial charge in [-0.2, -0.15) is 0 Å². The molecule has 0 heterocycles. The average molecular weight is 256 g/mol. The highest BCUT2D eigenvalue weighted by Gasteiger charge is 2.21. The van der Waals surface area contributed by atoms with Gasteiger partial charge in [0.2, 0.25) is 0 Å². The lowest BCUT2D eigenvalue weighted by Gasteiger charge is -2.23. The lowest BCUT2D eigenvalue weighted by atomic mass is 9.96. The van der Waals surface area contributed by atoms with Crippen molar-refractivity contribution in [1.29, 1.82) is 0 Å². The molecule has 18 heavy (non-hydrogen) atoms. The van der Waals surface area contributed by atoms with Gasteiger partial charge in [-0.3, -0.25) is 0 Å². The summed E-state index contributed by atoms with van der Waals surface area (Å²) in [5.41, 5.74) is 0. The lowest BCUT2D eigenvalue weighted by Crippen LogP contribution is -2.49. The van der Waals surface area contributed by atoms with Gasteiger partial charge >= 0.3 is 12.0 Å². The van der Waals surface area contributed by atoms with Gasteiger partial charge in [0.1, 0.15) is 6.04 Å². The summed E-state index contributed by atoms with van der Waals surface area (Å²) in [6, 6.07) is -1.33. The highest BCUT2D eigenvalue weighted by atomic mass is 16.4. The molecular formula is C13H24N2O3. The molecule has 0 aliphatic rings. The Balaban J connectivity index is 4.31. The summed E-state index contributed by atoms with van der Waals surface area (Å²) in [6.07, 6.45) is 3.64. The summed E-state index contributed by atoms with van der Waals surface area (Å²) < 4.78 is 0. The summed E-state index contributed by atoms with van der Waals surface area (Å²) >= 11 is 0. The van der Waals surface area contributed by atoms with Crippen molar-refractivity contribution in [3.8, 4) is 0 Å². The van der Waals surface area contributed by atoms with Crippen LogP contribution in [0, 0.1) is 5.92 Å². The van der Waals surface area contributed by atoms with Gasteiger partial charge in [0, 0.05) is 6.04 Å². The van der Waals surface area contributed by atoms with Gasteiger partial charge in [0.25, 0.3) is 0 Å². The molecule has 104 valence electrons. The maximum atomic E-state index is 11.7. The number of rotatable bonds is 8. The number of carboxylic acid groups (broad SMARTS) is 1. The van der Waals surface area contributed by atoms with Crippen molar-refractivity contribution in [3.63, 3.8) is 0 Å². The Morgan fingerprint density at radius 2 is 1.83 bits per heavy atom. The zero-order valence-corrected chi connectivity index (χ0v) is 11.4. The lowest BCUT2D eigenvalue weighted by molar-refractivity contribution is -0.139. The Labute approximate surface area is 109 Å². The molecule has 0 saturated carbocycles. The van der Waals surface area contributed by atoms with Gasteiger partial charge in [-0.15, -0.1) is 6.58 Å². The molecule has 0 spiro atoms. The van der Waals surface area contributed by atoms with Crippen molar-refractivity contribution in [1.82, 2.24) is 10.6 Å². The minimum absolute atomic E-state index is 0.0261. The van der Waals surface area contributed by atoms with Crippen molar-refractivity contribution >= 4 is 12.0 Å². The highest BCUT2D eigenvalue weighted by molar-refractivity contribution is 5.82. The van der Waals surface area contributed by atoms with Crippen LogP contribution < -0.4 is 10.6 Å². The molecule has 2 atom stereocenters. The van der Waals surface area contributed by atoms with Gasteiger partial charge in [-0.25, -0.2) is 9.59 Å². The van der Waals surface area contributed by atoms with Crippen molar-refractivity contribution in [2.24, 2.45) is 5.92 Å². The summed E-state index contributed by atoms with van der Waals surface area (Å²) in [4.78, 5) is 22.5. The number of hydrogen-bond acceptors (Lipinski definition) is 2. The molecule has 0 fully saturated rings. The number of carbonyl (C=O) groups is 2. The van der Waals surface area contributed by atoms with E-state index in [9.17, 15) is 9.59 Å². The monoisotopic (exact) mass is 256 g/mol. The summed E-state index contributed by atoms with van der Waals surface area (Å²) in [6.45, 7) is 9.54. The van der Waals surface area contributed by atoms with E-state index in [1.165, 1.54) is 6.08 Å². The molecular weight excluding hydrogens is 232 g/mol. The van der Waals surface area contributed by atoms with Gasteiger partial charge in [0.15, 0.2) is 0 Å². The molecule has 0 radical (unpaired) electrons. The van der Waals surface area contributed by atoms with Crippen LogP contribution in [0.3, 0.4) is 0 Å². The Morgan fingerprint density at radius 1 is 1.28 bits per heavy atom. The first-order valence-electron chi connectivity index (χ1n) is 6.36. The number of nitrogens with one attached hydrogen (secondary N) is 2. The summed E-state index contributed by atoms with van der Waals surface area (Å²) in [5, 5.41) is 14.1. The van der Waals surface area contributed by atoms with Gasteiger partial charge in [0.05, 0.1) is 0 Å². The van der Waals surface area contributed by atoms with Crippen molar-refractivity contribution < 1.29 is 14.7 Å². The predicted octanol–water partition coefficient (Wildman–Crippen LogP) is 2.14. The Hall–Kier alpha value is -1.52. The fraction of sp³-hybridized carbons (Fsp3) is 0.692. The molecule has 0 rings (SSSR count). The van der Waals surface area contributed by atoms with Crippen LogP contribution in [0.25, 0.3) is 0 Å². The highest BCUT2D eigenvalue weighted by Crippen LogP contribution is 2.12. The maximum Gasteiger partial charge on any atom is 0.326 e. The topological polar surface area (TPSA) is 78.4 Å². The van der Waals surface area contributed by atoms with E-state index in [1.807, 2.05) is 6.92 Å². The Bertz CT molecular complexity index is 288. The van der Waals surface area contributed by atoms with E-state index < -0.39 is 18.0 Å². The van der Waals surface area contributed by atoms with Crippen LogP contribution in [0.1, 0.15) is 40.0 Å². The van der Waals surface area contributed by atoms with Gasteiger partial charge < -0.3 is 15.7 Å². The van der Waals surface area contributed by atoms with E-state index in [1.54, 1.807) is 0 Å². The fourth-order valence-corrected chi connectivity index (χ4v) is 1.91. The van der Waals surface area contributed by atoms with Crippen LogP contribution in [0.2, 0.25) is 0 Å². The quantitative estimate of drug-likeness (QED) is 0.582. The van der Waals surface area contributed by atoms with E-state index in [0.29, 0.717) is 5.92 Å². The van der Waals surface area contributed by atoms with Crippen molar-refractivity contribution in [2.75, 3.05) is 0 Å². The van der Waals surface area contributed by atoms with Crippen LogP contribution in [0.4, 0.5) is 4.79 Å². The van der Waals surface area contributed by atoms with Crippen LogP contribution in [0.15, 0.2) is 12.7 Å². The molecule has 3 N–H and O–H groups in total. The fourth-order valence-electron chi connectivity index (χ4n) is 1.91. The molecule has 0 saturated heterocycles. The van der Waals surface area contributed by atoms with Crippen LogP contribution >= 0.6 is 0 Å². The third kappa shape index (κ3) is 5.70. The van der Waals surface area contributed by atoms with E-state index in [2.05, 4.69) is 31.1 Å². The number of aliphatic carboxylic acids is 1. The van der Waals surface area contributed by atoms with E-state index in [-0.39, 0.29) is 12.5 Å². The smallest absolute Gasteiger partial charge is 0.326 e. The second-order valence-corrected chi connectivity index (χ2v) is 4.40. The minimum atomic E-state index is -1.06. The summed E-state index contributed by atoms with van der Waals surface area (Å²) in [7, 11) is 0. The molecule has 2 unspecified atom stereocenters. The molecule has 0 aliphatic heterocycles. The first-order valence-corrected chi connectivity index (χ1v) is 6.36. The van der Waals surface area contributed by atoms with Crippen LogP contribution in [-0.4, -0.2) is 29.2 Å². The molecule has 5 nitrogen and oxygen atoms in total. The first kappa shape index (κ1) is 16.5. The third-order valence-electron chi connectivity index (χ3n) is 3.12. The minimum Gasteiger partial charge on any atom is -0.480 e. The maximum absolute atomic E-state index is 11.7. The Kier molecular flexibility index (Phi) is 7.83. The number of urea groups is 1. The Morgan fingerprint density at radius 3 is 2.22 bits per heavy atom. The van der Waals surface area contributed by atoms with Crippen molar-refractivity contribution in [2.45, 2.75) is 52.1 Å². The van der Waals surface area contributed by atoms with Gasteiger partial charge in [-0.05, 0) is 19.3 Å². The van der Waals surface area contributed by atoms with Crippen LogP contribution in [0.5, 0.6) is 0 Å². The molecule has 2 amide bonds. The second-order valence-electron chi connectivity index (χ2n) is 4.40. The summed E-state index contributed by atoms with van der Waals surface area (Å²) in [5.74, 6) is -0.654. The van der Waals surface area contributed by atoms with E-state index >= 15 is 0 Å². The molecule has 0 aromatic carbocycles. The largest absolute Gasteiger partial charge is 0.480 e. The number of amides is 2. The first-order chi connectivity index (χ1) is 8.46. The molecule has 0 aliphatic carbocycles. The van der Waals surface area contributed by atoms with Crippen molar-refractivity contribution in [3.05, 3.63) is 12.7 Å². The molecule has 0 aromatic heterocycles. The SMILES string of the molecule is C=CCC(NC(=O)NC(C)C(CC)CC)C(=O)O. The zero-order chi connectivity index (χ0) is 14.1. The molecule has 5 heteroatoms.